The monoisotopic (exact) mass is 383 g/mol. The van der Waals surface area contributed by atoms with Crippen LogP contribution in [0.4, 0.5) is 5.69 Å². The maximum absolute atomic E-state index is 12.9. The van der Waals surface area contributed by atoms with Crippen LogP contribution in [0.2, 0.25) is 0 Å². The second-order valence-electron chi connectivity index (χ2n) is 9.17. The van der Waals surface area contributed by atoms with E-state index >= 15 is 0 Å². The van der Waals surface area contributed by atoms with Gasteiger partial charge in [-0.25, -0.2) is 0 Å². The molecule has 5 nitrogen and oxygen atoms in total. The zero-order chi connectivity index (χ0) is 19.9. The Labute approximate surface area is 168 Å². The highest BCUT2D eigenvalue weighted by Crippen LogP contribution is 2.51. The van der Waals surface area contributed by atoms with Gasteiger partial charge in [-0.2, -0.15) is 0 Å². The molecule has 4 rings (SSSR count). The third-order valence-corrected chi connectivity index (χ3v) is 7.52. The quantitative estimate of drug-likeness (QED) is 0.870. The predicted octanol–water partition coefficient (Wildman–Crippen LogP) is 3.44. The molecule has 2 heterocycles. The molecule has 3 fully saturated rings. The van der Waals surface area contributed by atoms with Crippen LogP contribution in [0.15, 0.2) is 24.3 Å². The third-order valence-electron chi connectivity index (χ3n) is 7.52. The van der Waals surface area contributed by atoms with E-state index in [1.54, 1.807) is 0 Å². The first-order valence-corrected chi connectivity index (χ1v) is 10.8. The number of benzene rings is 1. The molecule has 4 atom stereocenters. The van der Waals surface area contributed by atoms with E-state index in [2.05, 4.69) is 17.1 Å². The molecule has 152 valence electrons. The van der Waals surface area contributed by atoms with E-state index in [-0.39, 0.29) is 17.5 Å². The number of carbonyl (C=O) groups excluding carboxylic acids is 2. The topological polar surface area (TPSA) is 52.7 Å². The Morgan fingerprint density at radius 1 is 1.21 bits per heavy atom. The van der Waals surface area contributed by atoms with Crippen molar-refractivity contribution >= 4 is 17.5 Å². The number of rotatable bonds is 3. The van der Waals surface area contributed by atoms with E-state index in [0.717, 1.165) is 56.3 Å². The van der Waals surface area contributed by atoms with E-state index in [1.807, 2.05) is 43.3 Å². The van der Waals surface area contributed by atoms with Gasteiger partial charge in [0.05, 0.1) is 0 Å². The molecule has 2 amide bonds. The summed E-state index contributed by atoms with van der Waals surface area (Å²) in [6, 6.07) is 7.98. The van der Waals surface area contributed by atoms with Crippen LogP contribution in [0, 0.1) is 11.8 Å². The fraction of sp³-hybridized carbons (Fsp3) is 0.652. The normalized spacial score (nSPS) is 32.3. The minimum atomic E-state index is 0.0180. The lowest BCUT2D eigenvalue weighted by atomic mass is 9.63. The van der Waals surface area contributed by atoms with Gasteiger partial charge in [0, 0.05) is 49.9 Å². The van der Waals surface area contributed by atoms with Gasteiger partial charge in [0.25, 0.3) is 5.91 Å². The number of carbonyl (C=O) groups is 2. The maximum Gasteiger partial charge on any atom is 0.251 e. The van der Waals surface area contributed by atoms with Crippen LogP contribution in [0.1, 0.15) is 62.2 Å². The maximum atomic E-state index is 12.9. The van der Waals surface area contributed by atoms with Crippen molar-refractivity contribution < 1.29 is 9.59 Å². The van der Waals surface area contributed by atoms with Gasteiger partial charge in [0.2, 0.25) is 5.91 Å². The number of anilines is 1. The smallest absolute Gasteiger partial charge is 0.251 e. The summed E-state index contributed by atoms with van der Waals surface area (Å²) in [7, 11) is 3.97. The molecular weight excluding hydrogens is 350 g/mol. The molecule has 1 spiro atoms. The molecule has 1 aromatic carbocycles. The van der Waals surface area contributed by atoms with Gasteiger partial charge in [-0.3, -0.25) is 9.59 Å². The van der Waals surface area contributed by atoms with Gasteiger partial charge in [-0.05, 0) is 68.6 Å². The highest BCUT2D eigenvalue weighted by atomic mass is 16.2. The first kappa shape index (κ1) is 19.3. The Bertz CT molecular complexity index is 762. The average molecular weight is 384 g/mol. The molecule has 0 radical (unpaired) electrons. The zero-order valence-electron chi connectivity index (χ0n) is 17.4. The van der Waals surface area contributed by atoms with Crippen LogP contribution in [-0.4, -0.2) is 48.9 Å². The summed E-state index contributed by atoms with van der Waals surface area (Å²) < 4.78 is 0. The molecule has 0 aromatic heterocycles. The summed E-state index contributed by atoms with van der Waals surface area (Å²) >= 11 is 0. The summed E-state index contributed by atoms with van der Waals surface area (Å²) in [5.74, 6) is 1.26. The minimum absolute atomic E-state index is 0.0180. The van der Waals surface area contributed by atoms with Crippen LogP contribution >= 0.6 is 0 Å². The average Bonchev–Trinajstić information content (AvgIpc) is 3.05. The van der Waals surface area contributed by atoms with Crippen molar-refractivity contribution in [3.05, 3.63) is 29.8 Å². The molecule has 1 N–H and O–H groups in total. The van der Waals surface area contributed by atoms with Crippen molar-refractivity contribution in [3.8, 4) is 0 Å². The number of nitrogens with zero attached hydrogens (tertiary/aromatic N) is 2. The molecule has 2 saturated heterocycles. The molecule has 28 heavy (non-hydrogen) atoms. The highest BCUT2D eigenvalue weighted by molar-refractivity contribution is 5.95. The molecule has 3 aliphatic rings. The largest absolute Gasteiger partial charge is 0.378 e. The molecule has 5 heteroatoms. The van der Waals surface area contributed by atoms with E-state index < -0.39 is 0 Å². The Morgan fingerprint density at radius 2 is 2.04 bits per heavy atom. The standard InChI is InChI=1S/C23H33N3O2/c1-16-19-9-5-10-21(27)26-14-6-12-23(19,26)13-11-20(16)24-22(28)17-7-4-8-18(15-17)25(2)3/h4,7-8,15-16,19-20H,5-6,9-14H2,1-3H3,(H,24,28)/t16-,19+,20-,23-/m1/s1. The Morgan fingerprint density at radius 3 is 2.82 bits per heavy atom. The first-order valence-electron chi connectivity index (χ1n) is 10.8. The summed E-state index contributed by atoms with van der Waals surface area (Å²) in [6.07, 6.45) is 7.03. The molecule has 1 aliphatic carbocycles. The molecular formula is C23H33N3O2. The summed E-state index contributed by atoms with van der Waals surface area (Å²) in [4.78, 5) is 29.8. The summed E-state index contributed by atoms with van der Waals surface area (Å²) in [5, 5.41) is 3.33. The number of amides is 2. The van der Waals surface area contributed by atoms with Crippen molar-refractivity contribution in [1.82, 2.24) is 10.2 Å². The lowest BCUT2D eigenvalue weighted by Gasteiger charge is -2.52. The fourth-order valence-electron chi connectivity index (χ4n) is 6.06. The third kappa shape index (κ3) is 3.19. The summed E-state index contributed by atoms with van der Waals surface area (Å²) in [6.45, 7) is 3.22. The van der Waals surface area contributed by atoms with Gasteiger partial charge in [-0.1, -0.05) is 13.0 Å². The van der Waals surface area contributed by atoms with E-state index in [0.29, 0.717) is 24.2 Å². The number of hydrogen-bond donors (Lipinski definition) is 1. The lowest BCUT2D eigenvalue weighted by Crippen LogP contribution is -2.59. The van der Waals surface area contributed by atoms with Crippen molar-refractivity contribution in [2.24, 2.45) is 11.8 Å². The Hall–Kier alpha value is -2.04. The Kier molecular flexibility index (Phi) is 5.11. The fourth-order valence-corrected chi connectivity index (χ4v) is 6.06. The number of hydrogen-bond acceptors (Lipinski definition) is 3. The second kappa shape index (κ2) is 7.41. The van der Waals surface area contributed by atoms with Crippen LogP contribution in [-0.2, 0) is 4.79 Å². The van der Waals surface area contributed by atoms with Crippen LogP contribution in [0.3, 0.4) is 0 Å². The van der Waals surface area contributed by atoms with E-state index in [4.69, 9.17) is 0 Å². The second-order valence-corrected chi connectivity index (χ2v) is 9.17. The zero-order valence-corrected chi connectivity index (χ0v) is 17.4. The molecule has 1 saturated carbocycles. The van der Waals surface area contributed by atoms with Crippen LogP contribution < -0.4 is 10.2 Å². The van der Waals surface area contributed by atoms with Gasteiger partial charge in [0.1, 0.15) is 0 Å². The van der Waals surface area contributed by atoms with Gasteiger partial charge < -0.3 is 15.1 Å². The van der Waals surface area contributed by atoms with Crippen molar-refractivity contribution in [1.29, 1.82) is 0 Å². The Balaban J connectivity index is 1.51. The molecule has 0 unspecified atom stereocenters. The minimum Gasteiger partial charge on any atom is -0.378 e. The molecule has 1 aromatic rings. The summed E-state index contributed by atoms with van der Waals surface area (Å²) in [5.41, 5.74) is 1.81. The van der Waals surface area contributed by atoms with Crippen molar-refractivity contribution in [3.63, 3.8) is 0 Å². The highest BCUT2D eigenvalue weighted by Gasteiger charge is 2.55. The molecule has 2 aliphatic heterocycles. The predicted molar refractivity (Wildman–Crippen MR) is 111 cm³/mol. The molecule has 0 bridgehead atoms. The van der Waals surface area contributed by atoms with Gasteiger partial charge >= 0.3 is 0 Å². The van der Waals surface area contributed by atoms with Crippen molar-refractivity contribution in [2.45, 2.75) is 63.5 Å². The van der Waals surface area contributed by atoms with Crippen molar-refractivity contribution in [2.75, 3.05) is 25.5 Å². The first-order chi connectivity index (χ1) is 13.4. The SMILES string of the molecule is C[C@H]1[C@H](NC(=O)c2cccc(N(C)C)c2)CC[C@@]23CCCN2C(=O)CCC[C@@H]13. The van der Waals surface area contributed by atoms with Gasteiger partial charge in [-0.15, -0.1) is 0 Å². The lowest BCUT2D eigenvalue weighted by molar-refractivity contribution is -0.138. The number of nitrogens with one attached hydrogen (secondary N) is 1. The van der Waals surface area contributed by atoms with Gasteiger partial charge in [0.15, 0.2) is 0 Å². The van der Waals surface area contributed by atoms with Crippen LogP contribution in [0.5, 0.6) is 0 Å². The van der Waals surface area contributed by atoms with Crippen LogP contribution in [0.25, 0.3) is 0 Å². The van der Waals surface area contributed by atoms with E-state index in [1.165, 1.54) is 0 Å². The van der Waals surface area contributed by atoms with E-state index in [9.17, 15) is 9.59 Å².